The predicted octanol–water partition coefficient (Wildman–Crippen LogP) is 3.96. The molecule has 1 atom stereocenters. The normalized spacial score (nSPS) is 20.1. The van der Waals surface area contributed by atoms with Gasteiger partial charge in [-0.2, -0.15) is 0 Å². The van der Waals surface area contributed by atoms with Gasteiger partial charge in [0.15, 0.2) is 5.84 Å². The Balaban J connectivity index is 1.51. The number of aryl methyl sites for hydroxylation is 1. The van der Waals surface area contributed by atoms with Gasteiger partial charge in [-0.25, -0.2) is 14.2 Å². The zero-order valence-corrected chi connectivity index (χ0v) is 20.3. The second-order valence-corrected chi connectivity index (χ2v) is 8.54. The van der Waals surface area contributed by atoms with Gasteiger partial charge in [-0.05, 0) is 62.1 Å². The Kier molecular flexibility index (Phi) is 6.17. The van der Waals surface area contributed by atoms with Crippen molar-refractivity contribution in [2.45, 2.75) is 32.4 Å². The Hall–Kier alpha value is -4.21. The number of carbonyl (C=O) groups excluding carboxylic acids is 1. The first kappa shape index (κ1) is 23.5. The largest absolute Gasteiger partial charge is 0.495 e. The number of amidine groups is 1. The van der Waals surface area contributed by atoms with Crippen LogP contribution in [0.3, 0.4) is 0 Å². The van der Waals surface area contributed by atoms with Crippen LogP contribution in [0.2, 0.25) is 0 Å². The van der Waals surface area contributed by atoms with Gasteiger partial charge in [0.2, 0.25) is 0 Å². The molecule has 0 bridgehead atoms. The summed E-state index contributed by atoms with van der Waals surface area (Å²) in [4.78, 5) is 28.9. The van der Waals surface area contributed by atoms with Crippen LogP contribution < -0.4 is 4.74 Å². The zero-order valence-electron chi connectivity index (χ0n) is 20.3. The van der Waals surface area contributed by atoms with Crippen molar-refractivity contribution in [2.75, 3.05) is 20.3 Å². The summed E-state index contributed by atoms with van der Waals surface area (Å²) in [6.45, 7) is 4.25. The maximum absolute atomic E-state index is 14.1. The third-order valence-corrected chi connectivity index (χ3v) is 6.20. The van der Waals surface area contributed by atoms with E-state index < -0.39 is 17.5 Å². The van der Waals surface area contributed by atoms with Crippen LogP contribution >= 0.6 is 0 Å². The summed E-state index contributed by atoms with van der Waals surface area (Å²) in [5.74, 6) is -0.0575. The van der Waals surface area contributed by atoms with Gasteiger partial charge < -0.3 is 23.8 Å². The van der Waals surface area contributed by atoms with Crippen LogP contribution in [0.25, 0.3) is 11.8 Å². The maximum Gasteiger partial charge on any atom is 0.380 e. The van der Waals surface area contributed by atoms with E-state index in [2.05, 4.69) is 15.1 Å². The molecule has 5 rings (SSSR count). The number of nitrogens with zero attached hydrogens (tertiary/aromatic N) is 5. The van der Waals surface area contributed by atoms with E-state index in [1.165, 1.54) is 12.3 Å². The molecule has 186 valence electrons. The van der Waals surface area contributed by atoms with Crippen LogP contribution in [0.1, 0.15) is 36.6 Å². The highest BCUT2D eigenvalue weighted by Crippen LogP contribution is 2.41. The van der Waals surface area contributed by atoms with E-state index in [9.17, 15) is 9.18 Å². The maximum atomic E-state index is 14.1. The van der Waals surface area contributed by atoms with Crippen molar-refractivity contribution in [1.29, 1.82) is 0 Å². The van der Waals surface area contributed by atoms with Crippen LogP contribution in [-0.4, -0.2) is 51.5 Å². The van der Waals surface area contributed by atoms with Crippen LogP contribution in [0.5, 0.6) is 5.75 Å². The standard InChI is InChI=1S/C26H26FN5O4/c1-4-35-25(33)26(20-12-21(27)14-28-13-20)32-9-5-6-19(24(32)30-36-26)10-18-7-8-22(23(11-18)34-3)31-15-17(2)29-16-31/h7-8,10-16H,4-6,9H2,1-3H3/b19-10+. The third kappa shape index (κ3) is 3.98. The Morgan fingerprint density at radius 3 is 2.89 bits per heavy atom. The number of pyridine rings is 1. The van der Waals surface area contributed by atoms with Gasteiger partial charge in [-0.15, -0.1) is 0 Å². The molecule has 2 aliphatic heterocycles. The zero-order chi connectivity index (χ0) is 25.3. The Morgan fingerprint density at radius 2 is 2.17 bits per heavy atom. The highest BCUT2D eigenvalue weighted by atomic mass is 19.1. The van der Waals surface area contributed by atoms with Gasteiger partial charge in [-0.3, -0.25) is 4.98 Å². The first-order chi connectivity index (χ1) is 17.5. The van der Waals surface area contributed by atoms with E-state index in [0.717, 1.165) is 41.6 Å². The first-order valence-corrected chi connectivity index (χ1v) is 11.7. The summed E-state index contributed by atoms with van der Waals surface area (Å²) in [6.07, 6.45) is 9.60. The first-order valence-electron chi connectivity index (χ1n) is 11.7. The lowest BCUT2D eigenvalue weighted by molar-refractivity contribution is -0.189. The predicted molar refractivity (Wildman–Crippen MR) is 130 cm³/mol. The van der Waals surface area contributed by atoms with Gasteiger partial charge in [0, 0.05) is 18.9 Å². The second-order valence-electron chi connectivity index (χ2n) is 8.54. The van der Waals surface area contributed by atoms with Crippen LogP contribution in [0.15, 0.2) is 59.9 Å². The number of esters is 1. The average Bonchev–Trinajstić information content (AvgIpc) is 3.49. The van der Waals surface area contributed by atoms with Crippen molar-refractivity contribution in [3.63, 3.8) is 0 Å². The number of halogens is 1. The average molecular weight is 492 g/mol. The number of piperidine rings is 1. The lowest BCUT2D eigenvalue weighted by Gasteiger charge is -2.37. The molecule has 0 amide bonds. The molecule has 1 fully saturated rings. The minimum Gasteiger partial charge on any atom is -0.495 e. The number of oxime groups is 1. The monoisotopic (exact) mass is 491 g/mol. The molecule has 4 heterocycles. The van der Waals surface area contributed by atoms with E-state index in [0.29, 0.717) is 18.1 Å². The van der Waals surface area contributed by atoms with Crippen molar-refractivity contribution >= 4 is 17.9 Å². The molecule has 0 aliphatic carbocycles. The molecule has 2 aromatic heterocycles. The summed E-state index contributed by atoms with van der Waals surface area (Å²) in [5, 5.41) is 4.29. The topological polar surface area (TPSA) is 91.1 Å². The fourth-order valence-electron chi connectivity index (χ4n) is 4.58. The summed E-state index contributed by atoms with van der Waals surface area (Å²) in [6, 6.07) is 7.09. The number of benzene rings is 1. The van der Waals surface area contributed by atoms with E-state index >= 15 is 0 Å². The van der Waals surface area contributed by atoms with E-state index in [-0.39, 0.29) is 12.2 Å². The molecule has 0 saturated carbocycles. The Morgan fingerprint density at radius 1 is 1.31 bits per heavy atom. The molecule has 0 N–H and O–H groups in total. The van der Waals surface area contributed by atoms with Crippen LogP contribution in [-0.2, 0) is 20.1 Å². The third-order valence-electron chi connectivity index (χ3n) is 6.20. The van der Waals surface area contributed by atoms with Gasteiger partial charge in [0.1, 0.15) is 11.6 Å². The molecular weight excluding hydrogens is 465 g/mol. The number of carbonyl (C=O) groups is 1. The summed E-state index contributed by atoms with van der Waals surface area (Å²) < 4.78 is 27.0. The number of hydrogen-bond donors (Lipinski definition) is 0. The highest BCUT2D eigenvalue weighted by Gasteiger charge is 2.57. The van der Waals surface area contributed by atoms with Crippen LogP contribution in [0.4, 0.5) is 4.39 Å². The van der Waals surface area contributed by atoms with Gasteiger partial charge in [-0.1, -0.05) is 11.2 Å². The number of aromatic nitrogens is 3. The van der Waals surface area contributed by atoms with Crippen LogP contribution in [0, 0.1) is 12.7 Å². The SMILES string of the molecule is CCOC(=O)C1(c2cncc(F)c2)ON=C2/C(=C/c3ccc(-n4cnc(C)c4)c(OC)c3)CCCN21. The quantitative estimate of drug-likeness (QED) is 0.482. The van der Waals surface area contributed by atoms with Crippen molar-refractivity contribution in [2.24, 2.45) is 5.16 Å². The molecule has 2 aliphatic rings. The van der Waals surface area contributed by atoms with E-state index in [1.807, 2.05) is 42.0 Å². The fourth-order valence-corrected chi connectivity index (χ4v) is 4.58. The lowest BCUT2D eigenvalue weighted by atomic mass is 9.95. The molecular formula is C26H26FN5O4. The number of hydrogen-bond acceptors (Lipinski definition) is 8. The molecule has 0 radical (unpaired) electrons. The van der Waals surface area contributed by atoms with E-state index in [1.54, 1.807) is 25.3 Å². The lowest BCUT2D eigenvalue weighted by Crippen LogP contribution is -2.54. The Bertz CT molecular complexity index is 1370. The molecule has 1 saturated heterocycles. The Labute approximate surface area is 207 Å². The van der Waals surface area contributed by atoms with Gasteiger partial charge in [0.05, 0.1) is 43.2 Å². The van der Waals surface area contributed by atoms with Gasteiger partial charge in [0.25, 0.3) is 0 Å². The molecule has 36 heavy (non-hydrogen) atoms. The summed E-state index contributed by atoms with van der Waals surface area (Å²) in [7, 11) is 1.62. The smallest absolute Gasteiger partial charge is 0.380 e. The van der Waals surface area contributed by atoms with Gasteiger partial charge >= 0.3 is 11.7 Å². The van der Waals surface area contributed by atoms with E-state index in [4.69, 9.17) is 14.3 Å². The molecule has 1 aromatic carbocycles. The second kappa shape index (κ2) is 9.44. The summed E-state index contributed by atoms with van der Waals surface area (Å²) >= 11 is 0. The minimum absolute atomic E-state index is 0.140. The molecule has 0 spiro atoms. The number of fused-ring (bicyclic) bond motifs is 1. The number of methoxy groups -OCH3 is 1. The minimum atomic E-state index is -1.74. The van der Waals surface area contributed by atoms with Crippen molar-refractivity contribution in [3.05, 3.63) is 77.4 Å². The number of rotatable bonds is 6. The molecule has 10 heteroatoms. The van der Waals surface area contributed by atoms with Crippen molar-refractivity contribution in [1.82, 2.24) is 19.4 Å². The number of ether oxygens (including phenoxy) is 2. The molecule has 1 unspecified atom stereocenters. The molecule has 3 aromatic rings. The molecule has 9 nitrogen and oxygen atoms in total. The highest BCUT2D eigenvalue weighted by molar-refractivity contribution is 6.06. The fraction of sp³-hybridized carbons (Fsp3) is 0.308. The summed E-state index contributed by atoms with van der Waals surface area (Å²) in [5.41, 5.74) is 2.04. The number of imidazole rings is 1. The van der Waals surface area contributed by atoms with Crippen molar-refractivity contribution < 1.29 is 23.5 Å². The van der Waals surface area contributed by atoms with Crippen molar-refractivity contribution in [3.8, 4) is 11.4 Å².